The van der Waals surface area contributed by atoms with Crippen LogP contribution in [0.4, 0.5) is 0 Å². The molecule has 2 rings (SSSR count). The molecule has 0 saturated carbocycles. The lowest BCUT2D eigenvalue weighted by Crippen LogP contribution is -2.30. The first-order valence-corrected chi connectivity index (χ1v) is 8.16. The van der Waals surface area contributed by atoms with Gasteiger partial charge in [0.25, 0.3) is 5.91 Å². The summed E-state index contributed by atoms with van der Waals surface area (Å²) in [7, 11) is 0. The smallest absolute Gasteiger partial charge is 0.254 e. The van der Waals surface area contributed by atoms with Crippen LogP contribution >= 0.6 is 34.5 Å². The number of halogens is 2. The van der Waals surface area contributed by atoms with Crippen LogP contribution in [-0.2, 0) is 12.4 Å². The fourth-order valence-corrected chi connectivity index (χ4v) is 3.24. The van der Waals surface area contributed by atoms with E-state index in [1.807, 2.05) is 30.3 Å². The average Bonchev–Trinajstić information content (AvgIpc) is 2.91. The molecule has 0 aliphatic heterocycles. The number of amides is 1. The van der Waals surface area contributed by atoms with Crippen molar-refractivity contribution in [1.82, 2.24) is 4.90 Å². The molecule has 1 heterocycles. The number of carbonyl (C=O) groups excluding carboxylic acids is 1. The van der Waals surface area contributed by atoms with Crippen LogP contribution in [0.15, 0.2) is 49.1 Å². The van der Waals surface area contributed by atoms with E-state index in [9.17, 15) is 4.79 Å². The minimum Gasteiger partial charge on any atom is -0.330 e. The summed E-state index contributed by atoms with van der Waals surface area (Å²) in [5, 5.41) is 0. The summed E-state index contributed by atoms with van der Waals surface area (Å²) in [4.78, 5) is 15.4. The normalized spacial score (nSPS) is 10.4. The highest BCUT2D eigenvalue weighted by Crippen LogP contribution is 2.23. The third kappa shape index (κ3) is 4.34. The molecule has 0 aliphatic carbocycles. The second-order valence-electron chi connectivity index (χ2n) is 4.51. The quantitative estimate of drug-likeness (QED) is 0.537. The second kappa shape index (κ2) is 7.64. The Morgan fingerprint density at radius 2 is 2.14 bits per heavy atom. The molecule has 0 spiro atoms. The Kier molecular flexibility index (Phi) is 5.85. The Bertz CT molecular complexity index is 639. The monoisotopic (exact) mass is 339 g/mol. The lowest BCUT2D eigenvalue weighted by molar-refractivity contribution is 0.0764. The maximum atomic E-state index is 12.6. The van der Waals surface area contributed by atoms with Crippen molar-refractivity contribution in [3.63, 3.8) is 0 Å². The number of carbonyl (C=O) groups is 1. The Balaban J connectivity index is 2.19. The summed E-state index contributed by atoms with van der Waals surface area (Å²) >= 11 is 13.2. The number of rotatable bonds is 6. The van der Waals surface area contributed by atoms with E-state index in [-0.39, 0.29) is 5.91 Å². The zero-order valence-corrected chi connectivity index (χ0v) is 13.7. The first-order chi connectivity index (χ1) is 10.1. The van der Waals surface area contributed by atoms with Gasteiger partial charge in [0, 0.05) is 22.9 Å². The molecule has 0 unspecified atom stereocenters. The van der Waals surface area contributed by atoms with Gasteiger partial charge in [-0.1, -0.05) is 29.8 Å². The Hall–Kier alpha value is -1.29. The average molecular weight is 340 g/mol. The van der Waals surface area contributed by atoms with Crippen LogP contribution in [0, 0.1) is 0 Å². The topological polar surface area (TPSA) is 20.3 Å². The molecule has 1 aromatic carbocycles. The SMILES string of the molecule is C=CCN(Cc1ccc(Cl)s1)C(=O)c1cccc(CCl)c1. The van der Waals surface area contributed by atoms with Gasteiger partial charge >= 0.3 is 0 Å². The number of thiophene rings is 1. The standard InChI is InChI=1S/C16H15Cl2NOS/c1-2-8-19(11-14-6-7-15(18)21-14)16(20)13-5-3-4-12(9-13)10-17/h2-7,9H,1,8,10-11H2. The van der Waals surface area contributed by atoms with E-state index in [0.717, 1.165) is 14.8 Å². The van der Waals surface area contributed by atoms with Crippen LogP contribution in [-0.4, -0.2) is 17.4 Å². The Morgan fingerprint density at radius 1 is 1.33 bits per heavy atom. The van der Waals surface area contributed by atoms with Gasteiger partial charge in [0.1, 0.15) is 0 Å². The van der Waals surface area contributed by atoms with Gasteiger partial charge in [-0.2, -0.15) is 0 Å². The van der Waals surface area contributed by atoms with Crippen molar-refractivity contribution in [2.45, 2.75) is 12.4 Å². The molecule has 5 heteroatoms. The molecular formula is C16H15Cl2NOS. The fourth-order valence-electron chi connectivity index (χ4n) is 1.97. The largest absolute Gasteiger partial charge is 0.330 e. The highest BCUT2D eigenvalue weighted by Gasteiger charge is 2.16. The minimum atomic E-state index is -0.0358. The third-order valence-corrected chi connectivity index (χ3v) is 4.46. The van der Waals surface area contributed by atoms with Gasteiger partial charge in [-0.3, -0.25) is 4.79 Å². The van der Waals surface area contributed by atoms with Gasteiger partial charge in [0.2, 0.25) is 0 Å². The highest BCUT2D eigenvalue weighted by atomic mass is 35.5. The van der Waals surface area contributed by atoms with E-state index in [0.29, 0.717) is 24.5 Å². The van der Waals surface area contributed by atoms with Crippen molar-refractivity contribution < 1.29 is 4.79 Å². The third-order valence-electron chi connectivity index (χ3n) is 2.94. The van der Waals surface area contributed by atoms with Crippen molar-refractivity contribution in [3.8, 4) is 0 Å². The summed E-state index contributed by atoms with van der Waals surface area (Å²) < 4.78 is 0.722. The van der Waals surface area contributed by atoms with E-state index >= 15 is 0 Å². The molecule has 0 saturated heterocycles. The van der Waals surface area contributed by atoms with Gasteiger partial charge in [-0.05, 0) is 29.8 Å². The van der Waals surface area contributed by atoms with Crippen molar-refractivity contribution in [3.05, 3.63) is 69.4 Å². The van der Waals surface area contributed by atoms with Crippen molar-refractivity contribution in [2.24, 2.45) is 0 Å². The van der Waals surface area contributed by atoms with E-state index in [1.165, 1.54) is 11.3 Å². The number of alkyl halides is 1. The van der Waals surface area contributed by atoms with Crippen LogP contribution in [0.2, 0.25) is 4.34 Å². The highest BCUT2D eigenvalue weighted by molar-refractivity contribution is 7.16. The zero-order chi connectivity index (χ0) is 15.2. The van der Waals surface area contributed by atoms with E-state index in [1.54, 1.807) is 17.0 Å². The number of hydrogen-bond donors (Lipinski definition) is 0. The van der Waals surface area contributed by atoms with Gasteiger partial charge in [0.15, 0.2) is 0 Å². The number of nitrogens with zero attached hydrogens (tertiary/aromatic N) is 1. The lowest BCUT2D eigenvalue weighted by Gasteiger charge is -2.20. The van der Waals surface area contributed by atoms with Crippen LogP contribution < -0.4 is 0 Å². The predicted octanol–water partition coefficient (Wildman–Crippen LogP) is 4.97. The Morgan fingerprint density at radius 3 is 2.76 bits per heavy atom. The number of hydrogen-bond acceptors (Lipinski definition) is 2. The Labute approximate surface area is 138 Å². The van der Waals surface area contributed by atoms with Crippen LogP contribution in [0.5, 0.6) is 0 Å². The van der Waals surface area contributed by atoms with Crippen LogP contribution in [0.25, 0.3) is 0 Å². The second-order valence-corrected chi connectivity index (χ2v) is 6.58. The minimum absolute atomic E-state index is 0.0358. The first-order valence-electron chi connectivity index (χ1n) is 6.43. The van der Waals surface area contributed by atoms with Gasteiger partial charge in [0.05, 0.1) is 10.9 Å². The van der Waals surface area contributed by atoms with Gasteiger partial charge in [-0.25, -0.2) is 0 Å². The maximum Gasteiger partial charge on any atom is 0.254 e. The van der Waals surface area contributed by atoms with Gasteiger partial charge < -0.3 is 4.90 Å². The fraction of sp³-hybridized carbons (Fsp3) is 0.188. The first kappa shape index (κ1) is 16.1. The molecule has 0 radical (unpaired) electrons. The van der Waals surface area contributed by atoms with E-state index in [2.05, 4.69) is 6.58 Å². The molecule has 0 aliphatic rings. The molecule has 0 fully saturated rings. The molecule has 1 amide bonds. The van der Waals surface area contributed by atoms with Crippen LogP contribution in [0.3, 0.4) is 0 Å². The summed E-state index contributed by atoms with van der Waals surface area (Å²) in [5.41, 5.74) is 1.57. The molecule has 21 heavy (non-hydrogen) atoms. The van der Waals surface area contributed by atoms with Crippen molar-refractivity contribution >= 4 is 40.4 Å². The number of benzene rings is 1. The summed E-state index contributed by atoms with van der Waals surface area (Å²) in [5.74, 6) is 0.356. The molecule has 110 valence electrons. The molecular weight excluding hydrogens is 325 g/mol. The van der Waals surface area contributed by atoms with Gasteiger partial charge in [-0.15, -0.1) is 29.5 Å². The molecule has 1 aromatic heterocycles. The predicted molar refractivity (Wildman–Crippen MR) is 90.3 cm³/mol. The zero-order valence-electron chi connectivity index (χ0n) is 11.4. The molecule has 0 bridgehead atoms. The molecule has 2 aromatic rings. The molecule has 0 atom stereocenters. The lowest BCUT2D eigenvalue weighted by atomic mass is 10.1. The molecule has 0 N–H and O–H groups in total. The van der Waals surface area contributed by atoms with Crippen molar-refractivity contribution in [1.29, 1.82) is 0 Å². The van der Waals surface area contributed by atoms with E-state index < -0.39 is 0 Å². The van der Waals surface area contributed by atoms with Crippen molar-refractivity contribution in [2.75, 3.05) is 6.54 Å². The van der Waals surface area contributed by atoms with E-state index in [4.69, 9.17) is 23.2 Å². The summed E-state index contributed by atoms with van der Waals surface area (Å²) in [6, 6.07) is 11.2. The van der Waals surface area contributed by atoms with Crippen LogP contribution in [0.1, 0.15) is 20.8 Å². The maximum absolute atomic E-state index is 12.6. The molecule has 2 nitrogen and oxygen atoms in total. The summed E-state index contributed by atoms with van der Waals surface area (Å²) in [6.07, 6.45) is 1.72. The summed E-state index contributed by atoms with van der Waals surface area (Å²) in [6.45, 7) is 4.73.